The monoisotopic (exact) mass is 253 g/mol. The molecule has 0 aromatic rings. The highest BCUT2D eigenvalue weighted by Crippen LogP contribution is 2.33. The van der Waals surface area contributed by atoms with Gasteiger partial charge in [0, 0.05) is 25.4 Å². The van der Waals surface area contributed by atoms with Gasteiger partial charge in [0.2, 0.25) is 5.91 Å². The van der Waals surface area contributed by atoms with Crippen molar-refractivity contribution in [3.8, 4) is 0 Å². The van der Waals surface area contributed by atoms with Crippen LogP contribution in [0.5, 0.6) is 0 Å². The zero-order chi connectivity index (χ0) is 13.0. The van der Waals surface area contributed by atoms with Crippen molar-refractivity contribution in [2.75, 3.05) is 19.7 Å². The van der Waals surface area contributed by atoms with E-state index in [1.165, 1.54) is 0 Å². The number of carbonyl (C=O) groups is 1. The van der Waals surface area contributed by atoms with E-state index in [4.69, 9.17) is 4.84 Å². The van der Waals surface area contributed by atoms with E-state index >= 15 is 0 Å². The van der Waals surface area contributed by atoms with Crippen LogP contribution in [0.25, 0.3) is 0 Å². The fourth-order valence-corrected chi connectivity index (χ4v) is 2.26. The quantitative estimate of drug-likeness (QED) is 0.457. The van der Waals surface area contributed by atoms with Crippen LogP contribution in [-0.2, 0) is 9.63 Å². The van der Waals surface area contributed by atoms with E-state index in [1.54, 1.807) is 0 Å². The van der Waals surface area contributed by atoms with E-state index < -0.39 is 0 Å². The fourth-order valence-electron chi connectivity index (χ4n) is 2.26. The summed E-state index contributed by atoms with van der Waals surface area (Å²) in [6.45, 7) is 6.52. The van der Waals surface area contributed by atoms with Gasteiger partial charge in [0.05, 0.1) is 12.6 Å². The van der Waals surface area contributed by atoms with E-state index in [9.17, 15) is 4.79 Å². The number of amidine groups is 1. The predicted molar refractivity (Wildman–Crippen MR) is 70.2 cm³/mol. The maximum Gasteiger partial charge on any atom is 0.225 e. The minimum atomic E-state index is 0.212. The molecule has 0 radical (unpaired) electrons. The van der Waals surface area contributed by atoms with Crippen LogP contribution < -0.4 is 5.48 Å². The fraction of sp³-hybridized carbons (Fsp3) is 0.846. The molecule has 2 aliphatic rings. The summed E-state index contributed by atoms with van der Waals surface area (Å²) < 4.78 is 0. The van der Waals surface area contributed by atoms with Crippen LogP contribution in [0.1, 0.15) is 39.5 Å². The van der Waals surface area contributed by atoms with Gasteiger partial charge in [-0.2, -0.15) is 0 Å². The predicted octanol–water partition coefficient (Wildman–Crippen LogP) is 1.35. The van der Waals surface area contributed by atoms with E-state index in [2.05, 4.69) is 10.5 Å². The van der Waals surface area contributed by atoms with Crippen molar-refractivity contribution in [1.82, 2.24) is 10.4 Å². The molecular weight excluding hydrogens is 230 g/mol. The molecule has 0 atom stereocenters. The summed E-state index contributed by atoms with van der Waals surface area (Å²) in [6.07, 6.45) is 3.79. The molecule has 1 amide bonds. The molecule has 5 heteroatoms. The molecule has 0 bridgehead atoms. The van der Waals surface area contributed by atoms with Gasteiger partial charge in [-0.25, -0.2) is 0 Å². The van der Waals surface area contributed by atoms with Crippen molar-refractivity contribution >= 4 is 11.7 Å². The first-order valence-electron chi connectivity index (χ1n) is 6.97. The Kier molecular flexibility index (Phi) is 4.58. The number of hydrogen-bond donors (Lipinski definition) is 1. The molecular formula is C13H23N3O2. The number of amides is 1. The van der Waals surface area contributed by atoms with Crippen molar-refractivity contribution in [1.29, 1.82) is 0 Å². The lowest BCUT2D eigenvalue weighted by Gasteiger charge is -2.39. The number of nitrogens with zero attached hydrogens (tertiary/aromatic N) is 2. The molecule has 1 N–H and O–H groups in total. The number of nitrogens with one attached hydrogen (secondary N) is 1. The van der Waals surface area contributed by atoms with Gasteiger partial charge in [0.1, 0.15) is 5.84 Å². The van der Waals surface area contributed by atoms with E-state index in [1.807, 2.05) is 18.7 Å². The molecule has 0 aromatic carbocycles. The first kappa shape index (κ1) is 13.3. The van der Waals surface area contributed by atoms with Crippen LogP contribution in [0.3, 0.4) is 0 Å². The van der Waals surface area contributed by atoms with Gasteiger partial charge in [-0.1, -0.05) is 6.92 Å². The molecule has 2 rings (SSSR count). The van der Waals surface area contributed by atoms with Crippen LogP contribution >= 0.6 is 0 Å². The highest BCUT2D eigenvalue weighted by atomic mass is 16.6. The number of carbonyl (C=O) groups excluding carboxylic acids is 1. The highest BCUT2D eigenvalue weighted by Gasteiger charge is 2.38. The van der Waals surface area contributed by atoms with Crippen molar-refractivity contribution < 1.29 is 9.63 Å². The van der Waals surface area contributed by atoms with Gasteiger partial charge in [0.15, 0.2) is 0 Å². The van der Waals surface area contributed by atoms with Gasteiger partial charge in [-0.15, -0.1) is 0 Å². The van der Waals surface area contributed by atoms with Crippen LogP contribution in [0, 0.1) is 5.92 Å². The first-order chi connectivity index (χ1) is 8.74. The zero-order valence-corrected chi connectivity index (χ0v) is 11.3. The van der Waals surface area contributed by atoms with Crippen LogP contribution in [0.2, 0.25) is 0 Å². The van der Waals surface area contributed by atoms with Crippen LogP contribution in [0.4, 0.5) is 0 Å². The zero-order valence-electron chi connectivity index (χ0n) is 11.3. The van der Waals surface area contributed by atoms with Gasteiger partial charge in [-0.05, 0) is 26.2 Å². The summed E-state index contributed by atoms with van der Waals surface area (Å²) in [6, 6.07) is 0.295. The first-order valence-corrected chi connectivity index (χ1v) is 6.97. The van der Waals surface area contributed by atoms with Gasteiger partial charge >= 0.3 is 0 Å². The molecule has 0 unspecified atom stereocenters. The minimum absolute atomic E-state index is 0.212. The van der Waals surface area contributed by atoms with Gasteiger partial charge in [-0.3, -0.25) is 20.1 Å². The van der Waals surface area contributed by atoms with E-state index in [0.29, 0.717) is 18.6 Å². The number of rotatable bonds is 5. The Hall–Kier alpha value is -1.10. The molecule has 5 nitrogen and oxygen atoms in total. The molecule has 1 aliphatic heterocycles. The Labute approximate surface area is 109 Å². The molecule has 1 aliphatic carbocycles. The average molecular weight is 253 g/mol. The smallest absolute Gasteiger partial charge is 0.225 e. The molecule has 18 heavy (non-hydrogen) atoms. The summed E-state index contributed by atoms with van der Waals surface area (Å²) in [7, 11) is 0. The molecule has 0 aromatic heterocycles. The van der Waals surface area contributed by atoms with Crippen LogP contribution in [-0.4, -0.2) is 42.4 Å². The Bertz CT molecular complexity index is 320. The third-order valence-electron chi connectivity index (χ3n) is 3.64. The van der Waals surface area contributed by atoms with Crippen molar-refractivity contribution in [2.24, 2.45) is 10.9 Å². The lowest BCUT2D eigenvalue weighted by molar-refractivity contribution is -0.142. The maximum absolute atomic E-state index is 11.9. The number of aliphatic imine (C=N–C) groups is 1. The van der Waals surface area contributed by atoms with Crippen molar-refractivity contribution in [3.63, 3.8) is 0 Å². The summed E-state index contributed by atoms with van der Waals surface area (Å²) in [5, 5.41) is 0. The summed E-state index contributed by atoms with van der Waals surface area (Å²) in [5.41, 5.74) is 2.86. The SMILES string of the molecule is CCONC(CC)=NC1CC(C(=O)N2CCC2)C1. The van der Waals surface area contributed by atoms with Crippen LogP contribution in [0.15, 0.2) is 4.99 Å². The molecule has 0 spiro atoms. The minimum Gasteiger partial charge on any atom is -0.342 e. The highest BCUT2D eigenvalue weighted by molar-refractivity contribution is 5.82. The summed E-state index contributed by atoms with van der Waals surface area (Å²) in [4.78, 5) is 23.6. The Balaban J connectivity index is 1.73. The van der Waals surface area contributed by atoms with E-state index in [-0.39, 0.29) is 5.92 Å². The van der Waals surface area contributed by atoms with Crippen molar-refractivity contribution in [2.45, 2.75) is 45.6 Å². The second kappa shape index (κ2) is 6.18. The Morgan fingerprint density at radius 1 is 1.39 bits per heavy atom. The molecule has 1 saturated carbocycles. The third-order valence-corrected chi connectivity index (χ3v) is 3.64. The molecule has 102 valence electrons. The van der Waals surface area contributed by atoms with Gasteiger partial charge < -0.3 is 4.90 Å². The molecule has 1 saturated heterocycles. The Morgan fingerprint density at radius 2 is 2.11 bits per heavy atom. The molecule has 1 heterocycles. The number of hydroxylamine groups is 1. The number of likely N-dealkylation sites (tertiary alicyclic amines) is 1. The maximum atomic E-state index is 11.9. The molecule has 2 fully saturated rings. The third kappa shape index (κ3) is 3.02. The lowest BCUT2D eigenvalue weighted by Crippen LogP contribution is -2.49. The second-order valence-electron chi connectivity index (χ2n) is 4.97. The Morgan fingerprint density at radius 3 is 2.61 bits per heavy atom. The average Bonchev–Trinajstić information content (AvgIpc) is 2.24. The standard InChI is InChI=1S/C13H23N3O2/c1-3-12(15-18-4-2)14-11-8-10(9-11)13(17)16-6-5-7-16/h10-11H,3-9H2,1-2H3,(H,14,15). The summed E-state index contributed by atoms with van der Waals surface area (Å²) in [5.74, 6) is 1.43. The lowest BCUT2D eigenvalue weighted by atomic mass is 9.79. The summed E-state index contributed by atoms with van der Waals surface area (Å²) >= 11 is 0. The van der Waals surface area contributed by atoms with E-state index in [0.717, 1.165) is 44.6 Å². The largest absolute Gasteiger partial charge is 0.342 e. The van der Waals surface area contributed by atoms with Crippen molar-refractivity contribution in [3.05, 3.63) is 0 Å². The second-order valence-corrected chi connectivity index (χ2v) is 4.97. The number of hydrogen-bond acceptors (Lipinski definition) is 3. The normalized spacial score (nSPS) is 27.4. The van der Waals surface area contributed by atoms with Gasteiger partial charge in [0.25, 0.3) is 0 Å². The topological polar surface area (TPSA) is 53.9 Å².